The molecule has 4 rings (SSSR count). The lowest BCUT2D eigenvalue weighted by Crippen LogP contribution is -2.42. The van der Waals surface area contributed by atoms with Gasteiger partial charge in [-0.2, -0.15) is 15.0 Å². The monoisotopic (exact) mass is 434 g/mol. The average Bonchev–Trinajstić information content (AvgIpc) is 3.24. The quantitative estimate of drug-likeness (QED) is 0.544. The van der Waals surface area contributed by atoms with Gasteiger partial charge in [0, 0.05) is 51.4 Å². The van der Waals surface area contributed by atoms with E-state index in [2.05, 4.69) is 15.2 Å². The summed E-state index contributed by atoms with van der Waals surface area (Å²) in [5, 5.41) is 8.78. The molecule has 1 atom stereocenters. The summed E-state index contributed by atoms with van der Waals surface area (Å²) in [6, 6.07) is 13.4. The smallest absolute Gasteiger partial charge is 0.246 e. The van der Waals surface area contributed by atoms with Crippen LogP contribution < -0.4 is 0 Å². The fourth-order valence-electron chi connectivity index (χ4n) is 4.19. The number of hydrogen-bond acceptors (Lipinski definition) is 5. The predicted molar refractivity (Wildman–Crippen MR) is 122 cm³/mol. The van der Waals surface area contributed by atoms with Crippen LogP contribution in [0.25, 0.3) is 11.0 Å². The van der Waals surface area contributed by atoms with E-state index in [1.807, 2.05) is 54.4 Å². The average molecular weight is 435 g/mol. The molecular weight excluding hydrogens is 404 g/mol. The Hall–Kier alpha value is -3.29. The predicted octanol–water partition coefficient (Wildman–Crippen LogP) is 2.55. The van der Waals surface area contributed by atoms with Gasteiger partial charge < -0.3 is 9.80 Å². The van der Waals surface area contributed by atoms with Crippen molar-refractivity contribution >= 4 is 22.8 Å². The Morgan fingerprint density at radius 1 is 1.09 bits per heavy atom. The van der Waals surface area contributed by atoms with E-state index in [1.165, 1.54) is 4.80 Å². The molecular formula is C24H30N6O2. The molecule has 3 heterocycles. The number of rotatable bonds is 8. The molecule has 1 aliphatic heterocycles. The Balaban J connectivity index is 1.22. The van der Waals surface area contributed by atoms with Crippen LogP contribution in [-0.2, 0) is 22.6 Å². The zero-order valence-corrected chi connectivity index (χ0v) is 18.6. The van der Waals surface area contributed by atoms with Crippen LogP contribution in [0.15, 0.2) is 48.7 Å². The summed E-state index contributed by atoms with van der Waals surface area (Å²) in [7, 11) is 1.85. The molecule has 0 N–H and O–H groups in total. The minimum Gasteiger partial charge on any atom is -0.345 e. The Bertz CT molecular complexity index is 1020. The molecule has 1 saturated heterocycles. The fraction of sp³-hybridized carbons (Fsp3) is 0.458. The third-order valence-electron chi connectivity index (χ3n) is 6.10. The molecule has 1 aliphatic rings. The second-order valence-corrected chi connectivity index (χ2v) is 8.49. The first kappa shape index (κ1) is 21.9. The van der Waals surface area contributed by atoms with E-state index in [0.717, 1.165) is 49.0 Å². The van der Waals surface area contributed by atoms with Crippen molar-refractivity contribution in [3.8, 4) is 0 Å². The molecule has 168 valence electrons. The lowest BCUT2D eigenvalue weighted by Gasteiger charge is -2.33. The van der Waals surface area contributed by atoms with Crippen LogP contribution >= 0.6 is 0 Å². The number of fused-ring (bicyclic) bond motifs is 1. The van der Waals surface area contributed by atoms with Gasteiger partial charge in [0.05, 0.1) is 0 Å². The molecule has 1 fully saturated rings. The maximum Gasteiger partial charge on any atom is 0.246 e. The molecule has 3 aromatic rings. The SMILES string of the molecule is CN(CCc1ccccn1)C(=O)CCC1CCCN(C(=O)Cn2nc3ccccc3n2)C1. The molecule has 0 bridgehead atoms. The number of piperidine rings is 1. The number of nitrogens with zero attached hydrogens (tertiary/aromatic N) is 6. The van der Waals surface area contributed by atoms with Gasteiger partial charge in [0.15, 0.2) is 0 Å². The summed E-state index contributed by atoms with van der Waals surface area (Å²) in [5.74, 6) is 0.538. The zero-order chi connectivity index (χ0) is 22.3. The van der Waals surface area contributed by atoms with Crippen molar-refractivity contribution in [3.05, 3.63) is 54.4 Å². The Morgan fingerprint density at radius 3 is 2.56 bits per heavy atom. The van der Waals surface area contributed by atoms with Gasteiger partial charge in [-0.25, -0.2) is 0 Å². The number of carbonyl (C=O) groups excluding carboxylic acids is 2. The molecule has 2 amide bonds. The van der Waals surface area contributed by atoms with Crippen LogP contribution in [0.1, 0.15) is 31.4 Å². The first-order valence-corrected chi connectivity index (χ1v) is 11.3. The topological polar surface area (TPSA) is 84.2 Å². The third kappa shape index (κ3) is 5.69. The molecule has 8 heteroatoms. The minimum atomic E-state index is 0.0359. The summed E-state index contributed by atoms with van der Waals surface area (Å²) in [6.45, 7) is 2.27. The molecule has 1 unspecified atom stereocenters. The van der Waals surface area contributed by atoms with Crippen LogP contribution in [0, 0.1) is 5.92 Å². The highest BCUT2D eigenvalue weighted by molar-refractivity contribution is 5.77. The van der Waals surface area contributed by atoms with Gasteiger partial charge in [-0.1, -0.05) is 18.2 Å². The van der Waals surface area contributed by atoms with Crippen LogP contribution in [-0.4, -0.2) is 68.3 Å². The van der Waals surface area contributed by atoms with Gasteiger partial charge in [-0.3, -0.25) is 14.6 Å². The van der Waals surface area contributed by atoms with Crippen molar-refractivity contribution in [3.63, 3.8) is 0 Å². The van der Waals surface area contributed by atoms with Crippen molar-refractivity contribution < 1.29 is 9.59 Å². The number of pyridine rings is 1. The maximum absolute atomic E-state index is 12.8. The third-order valence-corrected chi connectivity index (χ3v) is 6.10. The van der Waals surface area contributed by atoms with E-state index in [9.17, 15) is 9.59 Å². The lowest BCUT2D eigenvalue weighted by molar-refractivity contribution is -0.134. The molecule has 0 spiro atoms. The van der Waals surface area contributed by atoms with E-state index >= 15 is 0 Å². The molecule has 8 nitrogen and oxygen atoms in total. The van der Waals surface area contributed by atoms with Gasteiger partial charge in [0.1, 0.15) is 17.6 Å². The van der Waals surface area contributed by atoms with Gasteiger partial charge in [0.25, 0.3) is 0 Å². The molecule has 0 aliphatic carbocycles. The number of carbonyl (C=O) groups is 2. The van der Waals surface area contributed by atoms with Gasteiger partial charge in [-0.05, 0) is 49.4 Å². The standard InChI is InChI=1S/C24H30N6O2/c1-28(16-13-20-8-4-5-14-25-20)23(31)12-11-19-7-6-15-29(17-19)24(32)18-30-26-21-9-2-3-10-22(21)27-30/h2-5,8-10,14,19H,6-7,11-13,15-18H2,1H3. The second kappa shape index (κ2) is 10.3. The van der Waals surface area contributed by atoms with Crippen molar-refractivity contribution in [1.29, 1.82) is 0 Å². The highest BCUT2D eigenvalue weighted by atomic mass is 16.2. The van der Waals surface area contributed by atoms with E-state index < -0.39 is 0 Å². The number of likely N-dealkylation sites (tertiary alicyclic amines) is 1. The maximum atomic E-state index is 12.8. The van der Waals surface area contributed by atoms with E-state index in [1.54, 1.807) is 11.1 Å². The summed E-state index contributed by atoms with van der Waals surface area (Å²) < 4.78 is 0. The molecule has 1 aromatic carbocycles. The molecule has 0 radical (unpaired) electrons. The first-order chi connectivity index (χ1) is 15.6. The summed E-state index contributed by atoms with van der Waals surface area (Å²) in [4.78, 5) is 34.8. The number of benzene rings is 1. The van der Waals surface area contributed by atoms with Crippen LogP contribution in [0.4, 0.5) is 0 Å². The van der Waals surface area contributed by atoms with Gasteiger partial charge in [0.2, 0.25) is 11.8 Å². The Labute approximate surface area is 188 Å². The van der Waals surface area contributed by atoms with Crippen LogP contribution in [0.2, 0.25) is 0 Å². The molecule has 2 aromatic heterocycles. The lowest BCUT2D eigenvalue weighted by atomic mass is 9.93. The van der Waals surface area contributed by atoms with E-state index in [0.29, 0.717) is 25.4 Å². The zero-order valence-electron chi connectivity index (χ0n) is 18.6. The Morgan fingerprint density at radius 2 is 1.84 bits per heavy atom. The van der Waals surface area contributed by atoms with Crippen molar-refractivity contribution in [2.24, 2.45) is 5.92 Å². The van der Waals surface area contributed by atoms with Gasteiger partial charge >= 0.3 is 0 Å². The summed E-state index contributed by atoms with van der Waals surface area (Å²) >= 11 is 0. The van der Waals surface area contributed by atoms with Crippen molar-refractivity contribution in [2.75, 3.05) is 26.7 Å². The van der Waals surface area contributed by atoms with Gasteiger partial charge in [-0.15, -0.1) is 0 Å². The molecule has 32 heavy (non-hydrogen) atoms. The molecule has 0 saturated carbocycles. The number of likely N-dealkylation sites (N-methyl/N-ethyl adjacent to an activating group) is 1. The number of amides is 2. The second-order valence-electron chi connectivity index (χ2n) is 8.49. The highest BCUT2D eigenvalue weighted by Crippen LogP contribution is 2.22. The largest absolute Gasteiger partial charge is 0.345 e. The first-order valence-electron chi connectivity index (χ1n) is 11.3. The summed E-state index contributed by atoms with van der Waals surface area (Å²) in [6.07, 6.45) is 5.87. The van der Waals surface area contributed by atoms with E-state index in [-0.39, 0.29) is 18.4 Å². The van der Waals surface area contributed by atoms with Crippen LogP contribution in [0.5, 0.6) is 0 Å². The fourth-order valence-corrected chi connectivity index (χ4v) is 4.19. The van der Waals surface area contributed by atoms with Crippen molar-refractivity contribution in [2.45, 2.75) is 38.6 Å². The highest BCUT2D eigenvalue weighted by Gasteiger charge is 2.25. The van der Waals surface area contributed by atoms with Crippen LogP contribution in [0.3, 0.4) is 0 Å². The number of aromatic nitrogens is 4. The normalized spacial score (nSPS) is 16.3. The summed E-state index contributed by atoms with van der Waals surface area (Å²) in [5.41, 5.74) is 2.58. The Kier molecular flexibility index (Phi) is 7.09. The minimum absolute atomic E-state index is 0.0359. The van der Waals surface area contributed by atoms with Crippen molar-refractivity contribution in [1.82, 2.24) is 29.8 Å². The van der Waals surface area contributed by atoms with E-state index in [4.69, 9.17) is 0 Å². The number of hydrogen-bond donors (Lipinski definition) is 0.